The predicted octanol–water partition coefficient (Wildman–Crippen LogP) is 2.68. The molecule has 4 nitrogen and oxygen atoms in total. The summed E-state index contributed by atoms with van der Waals surface area (Å²) in [6.45, 7) is 2.64. The third-order valence-electron chi connectivity index (χ3n) is 3.60. The third kappa shape index (κ3) is 3.59. The first kappa shape index (κ1) is 16.3. The summed E-state index contributed by atoms with van der Waals surface area (Å²) in [5.74, 6) is 0.154. The van der Waals surface area contributed by atoms with E-state index in [1.807, 2.05) is 19.1 Å². The molecule has 0 atom stereocenters. The van der Waals surface area contributed by atoms with Crippen LogP contribution in [0.4, 0.5) is 0 Å². The van der Waals surface area contributed by atoms with E-state index < -0.39 is 0 Å². The molecule has 117 valence electrons. The second-order valence-corrected chi connectivity index (χ2v) is 4.98. The van der Waals surface area contributed by atoms with Gasteiger partial charge in [-0.05, 0) is 35.6 Å². The number of hydrogen-bond donors (Lipinski definition) is 3. The van der Waals surface area contributed by atoms with Crippen molar-refractivity contribution in [1.29, 1.82) is 0 Å². The van der Waals surface area contributed by atoms with Crippen molar-refractivity contribution in [2.75, 3.05) is 19.8 Å². The molecule has 1 radical (unpaired) electrons. The van der Waals surface area contributed by atoms with E-state index >= 15 is 0 Å². The van der Waals surface area contributed by atoms with Gasteiger partial charge < -0.3 is 20.1 Å². The second-order valence-electron chi connectivity index (χ2n) is 4.98. The van der Waals surface area contributed by atoms with Gasteiger partial charge in [-0.15, -0.1) is 0 Å². The van der Waals surface area contributed by atoms with Crippen molar-refractivity contribution in [2.45, 2.75) is 19.8 Å². The van der Waals surface area contributed by atoms with Crippen molar-refractivity contribution in [1.82, 2.24) is 0 Å². The van der Waals surface area contributed by atoms with Crippen LogP contribution < -0.4 is 0 Å². The van der Waals surface area contributed by atoms with Crippen LogP contribution in [0.2, 0.25) is 0 Å². The van der Waals surface area contributed by atoms with Crippen LogP contribution >= 0.6 is 0 Å². The van der Waals surface area contributed by atoms with E-state index in [4.69, 9.17) is 9.84 Å². The molecule has 0 bridgehead atoms. The molecule has 0 saturated heterocycles. The summed E-state index contributed by atoms with van der Waals surface area (Å²) in [4.78, 5) is 0. The number of aliphatic hydroxyl groups is 1. The molecule has 0 aliphatic heterocycles. The van der Waals surface area contributed by atoms with Crippen LogP contribution in [0.25, 0.3) is 11.1 Å². The molecule has 0 amide bonds. The first-order valence-corrected chi connectivity index (χ1v) is 7.40. The number of ether oxygens (including phenoxy) is 1. The predicted molar refractivity (Wildman–Crippen MR) is 85.0 cm³/mol. The molecular formula is C18H21O4. The Kier molecular flexibility index (Phi) is 5.81. The Hall–Kier alpha value is -2.04. The maximum absolute atomic E-state index is 10.3. The van der Waals surface area contributed by atoms with Gasteiger partial charge in [-0.3, -0.25) is 0 Å². The van der Waals surface area contributed by atoms with Crippen molar-refractivity contribution < 1.29 is 20.1 Å². The number of benzene rings is 2. The molecule has 2 rings (SSSR count). The monoisotopic (exact) mass is 301 g/mol. The van der Waals surface area contributed by atoms with Crippen molar-refractivity contribution in [3.05, 3.63) is 47.5 Å². The normalized spacial score (nSPS) is 10.8. The van der Waals surface area contributed by atoms with Crippen LogP contribution in [-0.4, -0.2) is 35.1 Å². The van der Waals surface area contributed by atoms with E-state index in [0.29, 0.717) is 19.4 Å². The van der Waals surface area contributed by atoms with Gasteiger partial charge in [0.2, 0.25) is 0 Å². The van der Waals surface area contributed by atoms with Gasteiger partial charge in [-0.25, -0.2) is 0 Å². The molecule has 22 heavy (non-hydrogen) atoms. The number of aliphatic hydroxyl groups excluding tert-OH is 1. The van der Waals surface area contributed by atoms with Crippen LogP contribution in [0, 0.1) is 6.07 Å². The van der Waals surface area contributed by atoms with Crippen LogP contribution in [0.1, 0.15) is 18.1 Å². The van der Waals surface area contributed by atoms with E-state index in [1.165, 1.54) is 6.07 Å². The molecule has 0 aliphatic rings. The topological polar surface area (TPSA) is 69.9 Å². The van der Waals surface area contributed by atoms with Crippen molar-refractivity contribution in [3.8, 4) is 22.6 Å². The smallest absolute Gasteiger partial charge is 0.127 e. The quantitative estimate of drug-likeness (QED) is 0.688. The maximum Gasteiger partial charge on any atom is 0.127 e. The van der Waals surface area contributed by atoms with Gasteiger partial charge in [0.25, 0.3) is 0 Å². The highest BCUT2D eigenvalue weighted by atomic mass is 16.5. The summed E-state index contributed by atoms with van der Waals surface area (Å²) in [6.07, 6.45) is 1.21. The Morgan fingerprint density at radius 2 is 1.77 bits per heavy atom. The van der Waals surface area contributed by atoms with Gasteiger partial charge in [0.05, 0.1) is 19.8 Å². The van der Waals surface area contributed by atoms with Gasteiger partial charge in [0.15, 0.2) is 0 Å². The lowest BCUT2D eigenvalue weighted by atomic mass is 9.91. The van der Waals surface area contributed by atoms with Gasteiger partial charge in [0, 0.05) is 11.6 Å². The maximum atomic E-state index is 10.3. The average molecular weight is 301 g/mol. The van der Waals surface area contributed by atoms with E-state index in [2.05, 4.69) is 6.07 Å². The zero-order chi connectivity index (χ0) is 15.9. The van der Waals surface area contributed by atoms with Crippen molar-refractivity contribution >= 4 is 0 Å². The molecule has 3 N–H and O–H groups in total. The SMILES string of the molecule is CCc1c(O)cc(O)c(-c2cc[c]cc2)c1CCOCCO. The van der Waals surface area contributed by atoms with Gasteiger partial charge in [-0.1, -0.05) is 31.2 Å². The molecule has 4 heteroatoms. The molecule has 2 aromatic rings. The molecule has 0 heterocycles. The second kappa shape index (κ2) is 7.82. The summed E-state index contributed by atoms with van der Waals surface area (Å²) in [5, 5.41) is 29.2. The number of hydrogen-bond acceptors (Lipinski definition) is 4. The standard InChI is InChI=1S/C18H21O4/c1-2-14-15(8-10-22-11-9-19)18(17(21)12-16(14)20)13-6-4-3-5-7-13/h4-7,12,19-21H,2,8-11H2,1H3. The third-order valence-corrected chi connectivity index (χ3v) is 3.60. The Morgan fingerprint density at radius 1 is 1.05 bits per heavy atom. The fraction of sp³-hybridized carbons (Fsp3) is 0.333. The number of phenolic OH excluding ortho intramolecular Hbond substituents is 2. The fourth-order valence-electron chi connectivity index (χ4n) is 2.64. The van der Waals surface area contributed by atoms with Crippen LogP contribution in [0.3, 0.4) is 0 Å². The molecule has 2 aromatic carbocycles. The Bertz CT molecular complexity index is 608. The van der Waals surface area contributed by atoms with E-state index in [-0.39, 0.29) is 24.7 Å². The number of aromatic hydroxyl groups is 2. The summed E-state index contributed by atoms with van der Waals surface area (Å²) in [7, 11) is 0. The lowest BCUT2D eigenvalue weighted by Gasteiger charge is -2.17. The highest BCUT2D eigenvalue weighted by Gasteiger charge is 2.17. The van der Waals surface area contributed by atoms with Crippen LogP contribution in [-0.2, 0) is 17.6 Å². The largest absolute Gasteiger partial charge is 0.508 e. The Labute approximate surface area is 130 Å². The molecule has 0 aromatic heterocycles. The fourth-order valence-corrected chi connectivity index (χ4v) is 2.64. The Balaban J connectivity index is 2.46. The minimum Gasteiger partial charge on any atom is -0.508 e. The molecule has 0 unspecified atom stereocenters. The molecule has 0 aliphatic carbocycles. The first-order valence-electron chi connectivity index (χ1n) is 7.40. The highest BCUT2D eigenvalue weighted by molar-refractivity contribution is 5.76. The molecule has 0 fully saturated rings. The summed E-state index contributed by atoms with van der Waals surface area (Å²) in [6, 6.07) is 11.7. The molecule has 0 saturated carbocycles. The number of rotatable bonds is 7. The van der Waals surface area contributed by atoms with E-state index in [1.54, 1.807) is 12.1 Å². The molecular weight excluding hydrogens is 280 g/mol. The van der Waals surface area contributed by atoms with Gasteiger partial charge >= 0.3 is 0 Å². The van der Waals surface area contributed by atoms with E-state index in [0.717, 1.165) is 22.3 Å². The lowest BCUT2D eigenvalue weighted by molar-refractivity contribution is 0.0943. The first-order chi connectivity index (χ1) is 10.7. The minimum absolute atomic E-state index is 0.0205. The highest BCUT2D eigenvalue weighted by Crippen LogP contribution is 2.39. The van der Waals surface area contributed by atoms with Gasteiger partial charge in [0.1, 0.15) is 11.5 Å². The van der Waals surface area contributed by atoms with Crippen molar-refractivity contribution in [3.63, 3.8) is 0 Å². The number of phenols is 2. The summed E-state index contributed by atoms with van der Waals surface area (Å²) >= 11 is 0. The Morgan fingerprint density at radius 3 is 2.41 bits per heavy atom. The van der Waals surface area contributed by atoms with Gasteiger partial charge in [-0.2, -0.15) is 0 Å². The minimum atomic E-state index is -0.0205. The zero-order valence-corrected chi connectivity index (χ0v) is 12.7. The van der Waals surface area contributed by atoms with E-state index in [9.17, 15) is 10.2 Å². The summed E-state index contributed by atoms with van der Waals surface area (Å²) in [5.41, 5.74) is 3.29. The van der Waals surface area contributed by atoms with Crippen LogP contribution in [0.15, 0.2) is 30.3 Å². The summed E-state index contributed by atoms with van der Waals surface area (Å²) < 4.78 is 5.34. The van der Waals surface area contributed by atoms with Crippen LogP contribution in [0.5, 0.6) is 11.5 Å². The van der Waals surface area contributed by atoms with Crippen molar-refractivity contribution in [2.24, 2.45) is 0 Å². The zero-order valence-electron chi connectivity index (χ0n) is 12.7. The average Bonchev–Trinajstić information content (AvgIpc) is 2.52. The molecule has 0 spiro atoms. The lowest BCUT2D eigenvalue weighted by Crippen LogP contribution is -2.06.